The number of carbonyl (C=O) groups is 2. The number of nitrogens with one attached hydrogen (secondary N) is 2. The summed E-state index contributed by atoms with van der Waals surface area (Å²) in [6.07, 6.45) is 4.19. The number of fused-ring (bicyclic) bond motifs is 1. The number of nitrogens with two attached hydrogens (primary N) is 1. The molecule has 0 aliphatic carbocycles. The number of nitriles is 2. The SMILES string of the molecule is CC1CCN(C(=O)N(N)Cc2cccc(C#N)c2)CC1.CC1CCN(C(=O)NNS(=O)(=O)c2ccc3ccccc3c2Cc2cccc(C#N)c2)CC1. The highest BCUT2D eigenvalue weighted by Crippen LogP contribution is 2.28. The van der Waals surface area contributed by atoms with E-state index in [1.807, 2.05) is 36.4 Å². The molecule has 2 fully saturated rings. The van der Waals surface area contributed by atoms with Gasteiger partial charge in [0, 0.05) is 26.2 Å². The van der Waals surface area contributed by atoms with Crippen LogP contribution in [-0.2, 0) is 23.0 Å². The van der Waals surface area contributed by atoms with Gasteiger partial charge in [0.05, 0.1) is 34.7 Å². The normalized spacial score (nSPS) is 15.1. The van der Waals surface area contributed by atoms with Gasteiger partial charge in [0.15, 0.2) is 0 Å². The third-order valence-corrected chi connectivity index (χ3v) is 11.1. The lowest BCUT2D eigenvalue weighted by molar-refractivity contribution is 0.132. The Kier molecular flexibility index (Phi) is 13.0. The number of carbonyl (C=O) groups excluding carboxylic acids is 2. The molecule has 6 rings (SSSR count). The van der Waals surface area contributed by atoms with E-state index in [1.54, 1.807) is 58.3 Å². The van der Waals surface area contributed by atoms with Crippen LogP contribution in [0.5, 0.6) is 0 Å². The summed E-state index contributed by atoms with van der Waals surface area (Å²) in [5, 5.41) is 21.0. The van der Waals surface area contributed by atoms with E-state index in [4.69, 9.17) is 11.1 Å². The van der Waals surface area contributed by atoms with Crippen molar-refractivity contribution in [1.82, 2.24) is 25.1 Å². The number of hydrogen-bond donors (Lipinski definition) is 3. The van der Waals surface area contributed by atoms with Crippen LogP contribution in [0.15, 0.2) is 89.8 Å². The third-order valence-electron chi connectivity index (χ3n) is 9.80. The van der Waals surface area contributed by atoms with Crippen molar-refractivity contribution in [3.05, 3.63) is 113 Å². The molecule has 0 atom stereocenters. The molecule has 2 aliphatic heterocycles. The van der Waals surface area contributed by atoms with Gasteiger partial charge in [0.2, 0.25) is 0 Å². The van der Waals surface area contributed by atoms with E-state index in [0.29, 0.717) is 54.6 Å². The Bertz CT molecular complexity index is 2110. The smallest absolute Gasteiger partial charge is 0.324 e. The van der Waals surface area contributed by atoms with Gasteiger partial charge in [-0.1, -0.05) is 68.4 Å². The van der Waals surface area contributed by atoms with E-state index < -0.39 is 16.1 Å². The zero-order valence-corrected chi connectivity index (χ0v) is 31.0. The number of benzene rings is 4. The Morgan fingerprint density at radius 3 is 1.98 bits per heavy atom. The summed E-state index contributed by atoms with van der Waals surface area (Å²) in [5.41, 5.74) is 5.76. The highest BCUT2D eigenvalue weighted by atomic mass is 32.2. The fraction of sp³-hybridized carbons (Fsp3) is 0.350. The highest BCUT2D eigenvalue weighted by molar-refractivity contribution is 7.89. The lowest BCUT2D eigenvalue weighted by Crippen LogP contribution is -2.50. The van der Waals surface area contributed by atoms with E-state index in [2.05, 4.69) is 36.2 Å². The largest absolute Gasteiger partial charge is 0.334 e. The molecule has 0 unspecified atom stereocenters. The first-order valence-electron chi connectivity index (χ1n) is 17.8. The lowest BCUT2D eigenvalue weighted by atomic mass is 9.97. The Balaban J connectivity index is 0.000000231. The van der Waals surface area contributed by atoms with E-state index in [-0.39, 0.29) is 10.9 Å². The van der Waals surface area contributed by atoms with Crippen LogP contribution in [0, 0.1) is 34.5 Å². The summed E-state index contributed by atoms with van der Waals surface area (Å²) in [6, 6.07) is 28.8. The number of sulfonamides is 1. The van der Waals surface area contributed by atoms with Crippen molar-refractivity contribution in [2.45, 2.75) is 57.4 Å². The minimum Gasteiger partial charge on any atom is -0.324 e. The number of rotatable bonds is 7. The number of hydrogen-bond acceptors (Lipinski definition) is 7. The van der Waals surface area contributed by atoms with Crippen LogP contribution in [0.4, 0.5) is 9.59 Å². The van der Waals surface area contributed by atoms with Crippen LogP contribution in [-0.4, -0.2) is 61.5 Å². The van der Waals surface area contributed by atoms with E-state index in [0.717, 1.165) is 60.7 Å². The maximum Gasteiger partial charge on any atom is 0.334 e. The molecule has 4 amide bonds. The molecule has 276 valence electrons. The fourth-order valence-electron chi connectivity index (χ4n) is 6.55. The molecule has 0 spiro atoms. The van der Waals surface area contributed by atoms with Crippen LogP contribution < -0.4 is 16.1 Å². The standard InChI is InChI=1S/C25H26N4O3S.C15H20N4O/c1-18-11-13-29(14-12-18)25(30)27-28-33(31,32)24-10-9-21-7-2-3-8-22(21)23(24)16-19-5-4-6-20(15-19)17-26;1-12-5-7-18(8-6-12)15(20)19(17)11-14-4-2-3-13(9-14)10-16/h2-10,15,18,28H,11-14,16H2,1H3,(H,27,30);2-4,9,12H,5-8,11,17H2,1H3. The molecule has 2 heterocycles. The first-order chi connectivity index (χ1) is 25.5. The maximum atomic E-state index is 13.3. The van der Waals surface area contributed by atoms with Crippen molar-refractivity contribution < 1.29 is 18.0 Å². The monoisotopic (exact) mass is 734 g/mol. The van der Waals surface area contributed by atoms with Gasteiger partial charge in [-0.05, 0) is 102 Å². The predicted octanol–water partition coefficient (Wildman–Crippen LogP) is 6.02. The molecule has 12 nitrogen and oxygen atoms in total. The Labute approximate surface area is 311 Å². The van der Waals surface area contributed by atoms with Crippen molar-refractivity contribution in [2.24, 2.45) is 17.7 Å². The van der Waals surface area contributed by atoms with E-state index in [1.165, 1.54) is 5.01 Å². The minimum absolute atomic E-state index is 0.0936. The second kappa shape index (κ2) is 17.8. The van der Waals surface area contributed by atoms with Crippen molar-refractivity contribution in [2.75, 3.05) is 26.2 Å². The average Bonchev–Trinajstić information content (AvgIpc) is 3.17. The molecule has 4 aromatic rings. The average molecular weight is 735 g/mol. The van der Waals surface area contributed by atoms with Crippen molar-refractivity contribution >= 4 is 32.9 Å². The molecule has 0 bridgehead atoms. The summed E-state index contributed by atoms with van der Waals surface area (Å²) in [6.45, 7) is 7.41. The topological polar surface area (TPSA) is 176 Å². The summed E-state index contributed by atoms with van der Waals surface area (Å²) in [7, 11) is -4.04. The molecule has 0 aromatic heterocycles. The number of urea groups is 2. The maximum absolute atomic E-state index is 13.3. The zero-order chi connectivity index (χ0) is 38.0. The molecule has 0 saturated carbocycles. The van der Waals surface area contributed by atoms with Gasteiger partial charge in [-0.2, -0.15) is 10.5 Å². The molecule has 2 aliphatic rings. The first-order valence-corrected chi connectivity index (χ1v) is 19.3. The van der Waals surface area contributed by atoms with Crippen LogP contribution in [0.25, 0.3) is 10.8 Å². The van der Waals surface area contributed by atoms with E-state index >= 15 is 0 Å². The van der Waals surface area contributed by atoms with Crippen molar-refractivity contribution in [3.63, 3.8) is 0 Å². The molecular weight excluding hydrogens is 689 g/mol. The quantitative estimate of drug-likeness (QED) is 0.118. The summed E-state index contributed by atoms with van der Waals surface area (Å²) in [5.74, 6) is 7.10. The lowest BCUT2D eigenvalue weighted by Gasteiger charge is -2.33. The summed E-state index contributed by atoms with van der Waals surface area (Å²) in [4.78, 5) is 30.5. The Morgan fingerprint density at radius 2 is 1.36 bits per heavy atom. The van der Waals surface area contributed by atoms with Crippen molar-refractivity contribution in [3.8, 4) is 12.1 Å². The number of hydrazine groups is 2. The number of nitrogens with zero attached hydrogens (tertiary/aromatic N) is 5. The van der Waals surface area contributed by atoms with Gasteiger partial charge < -0.3 is 9.80 Å². The minimum atomic E-state index is -4.04. The number of piperidine rings is 2. The van der Waals surface area contributed by atoms with Crippen molar-refractivity contribution in [1.29, 1.82) is 10.5 Å². The second-order valence-electron chi connectivity index (χ2n) is 13.8. The van der Waals surface area contributed by atoms with E-state index in [9.17, 15) is 23.3 Å². The van der Waals surface area contributed by atoms with Crippen LogP contribution in [0.1, 0.15) is 67.3 Å². The predicted molar refractivity (Wildman–Crippen MR) is 203 cm³/mol. The third kappa shape index (κ3) is 10.3. The van der Waals surface area contributed by atoms with Gasteiger partial charge in [0.25, 0.3) is 10.0 Å². The molecule has 2 saturated heterocycles. The van der Waals surface area contributed by atoms with Crippen LogP contribution in [0.2, 0.25) is 0 Å². The summed E-state index contributed by atoms with van der Waals surface area (Å²) < 4.78 is 26.5. The molecule has 0 radical (unpaired) electrons. The van der Waals surface area contributed by atoms with Gasteiger partial charge in [0.1, 0.15) is 0 Å². The van der Waals surface area contributed by atoms with Gasteiger partial charge in [-0.3, -0.25) is 10.4 Å². The Morgan fingerprint density at radius 1 is 0.792 bits per heavy atom. The van der Waals surface area contributed by atoms with Crippen LogP contribution >= 0.6 is 0 Å². The first kappa shape index (κ1) is 38.8. The molecule has 4 N–H and O–H groups in total. The van der Waals surface area contributed by atoms with Gasteiger partial charge in [-0.25, -0.2) is 23.8 Å². The van der Waals surface area contributed by atoms with Crippen LogP contribution in [0.3, 0.4) is 0 Å². The fourth-order valence-corrected chi connectivity index (χ4v) is 7.63. The van der Waals surface area contributed by atoms with Gasteiger partial charge >= 0.3 is 12.1 Å². The second-order valence-corrected chi connectivity index (χ2v) is 15.5. The number of amides is 4. The molecule has 53 heavy (non-hydrogen) atoms. The van der Waals surface area contributed by atoms with Gasteiger partial charge in [-0.15, -0.1) is 4.83 Å². The Hall–Kier alpha value is -5.47. The summed E-state index contributed by atoms with van der Waals surface area (Å²) >= 11 is 0. The molecular formula is C40H46N8O4S. The molecule has 13 heteroatoms. The highest BCUT2D eigenvalue weighted by Gasteiger charge is 2.25. The molecule has 4 aromatic carbocycles. The zero-order valence-electron chi connectivity index (χ0n) is 30.2. The number of likely N-dealkylation sites (tertiary alicyclic amines) is 2.